The van der Waals surface area contributed by atoms with E-state index in [1.807, 2.05) is 0 Å². The fourth-order valence-electron chi connectivity index (χ4n) is 2.07. The zero-order chi connectivity index (χ0) is 9.19. The van der Waals surface area contributed by atoms with Gasteiger partial charge in [-0.15, -0.1) is 0 Å². The summed E-state index contributed by atoms with van der Waals surface area (Å²) in [6.45, 7) is 9.29. The average molecular weight is 166 g/mol. The molecule has 0 aromatic heterocycles. The van der Waals surface area contributed by atoms with Crippen LogP contribution in [-0.2, 0) is 0 Å². The lowest BCUT2D eigenvalue weighted by atomic mass is 9.98. The molecule has 1 unspecified atom stereocenters. The molecule has 0 bridgehead atoms. The summed E-state index contributed by atoms with van der Waals surface area (Å²) >= 11 is 0. The fourth-order valence-corrected chi connectivity index (χ4v) is 2.07. The molecule has 0 nitrogen and oxygen atoms in total. The van der Waals surface area contributed by atoms with E-state index in [2.05, 4.69) is 33.8 Å². The van der Waals surface area contributed by atoms with Crippen LogP contribution >= 0.6 is 0 Å². The van der Waals surface area contributed by atoms with Gasteiger partial charge in [-0.2, -0.15) is 0 Å². The highest BCUT2D eigenvalue weighted by atomic mass is 14.5. The fraction of sp³-hybridized carbons (Fsp3) is 0.833. The maximum atomic E-state index is 2.45. The minimum absolute atomic E-state index is 0.621. The molecular weight excluding hydrogens is 144 g/mol. The first kappa shape index (κ1) is 9.83. The summed E-state index contributed by atoms with van der Waals surface area (Å²) in [5.74, 6) is 0.914. The van der Waals surface area contributed by atoms with Gasteiger partial charge in [0.1, 0.15) is 0 Å². The Hall–Kier alpha value is -0.260. The van der Waals surface area contributed by atoms with E-state index in [9.17, 15) is 0 Å². The number of rotatable bonds is 4. The van der Waals surface area contributed by atoms with Crippen molar-refractivity contribution in [2.24, 2.45) is 11.3 Å². The molecule has 0 aromatic rings. The highest BCUT2D eigenvalue weighted by Gasteiger charge is 2.46. The monoisotopic (exact) mass is 166 g/mol. The second-order valence-electron chi connectivity index (χ2n) is 4.68. The molecule has 0 N–H and O–H groups in total. The van der Waals surface area contributed by atoms with Crippen LogP contribution in [0.2, 0.25) is 0 Å². The second-order valence-corrected chi connectivity index (χ2v) is 4.68. The Morgan fingerprint density at radius 1 is 1.42 bits per heavy atom. The van der Waals surface area contributed by atoms with Crippen molar-refractivity contribution in [3.8, 4) is 0 Å². The maximum absolute atomic E-state index is 2.45. The summed E-state index contributed by atoms with van der Waals surface area (Å²) in [7, 11) is 0. The Balaban J connectivity index is 2.51. The first-order valence-corrected chi connectivity index (χ1v) is 5.30. The third-order valence-electron chi connectivity index (χ3n) is 2.97. The minimum Gasteiger partial charge on any atom is -0.0853 e. The molecule has 1 atom stereocenters. The highest BCUT2D eigenvalue weighted by molar-refractivity contribution is 5.19. The van der Waals surface area contributed by atoms with Crippen molar-refractivity contribution in [2.45, 2.75) is 53.4 Å². The highest BCUT2D eigenvalue weighted by Crippen LogP contribution is 2.56. The Kier molecular flexibility index (Phi) is 2.98. The molecule has 0 aromatic carbocycles. The number of hydrogen-bond donors (Lipinski definition) is 0. The standard InChI is InChI=1S/C12H22/c1-5-7-10(8-6-2)11-9-12(11,3)4/h7,11H,5-6,8-9H2,1-4H3/b10-7+. The van der Waals surface area contributed by atoms with Crippen LogP contribution in [0.15, 0.2) is 11.6 Å². The molecule has 0 heterocycles. The van der Waals surface area contributed by atoms with Gasteiger partial charge in [0.05, 0.1) is 0 Å². The summed E-state index contributed by atoms with van der Waals surface area (Å²) in [5.41, 5.74) is 2.35. The van der Waals surface area contributed by atoms with E-state index in [4.69, 9.17) is 0 Å². The molecule has 12 heavy (non-hydrogen) atoms. The molecule has 1 saturated carbocycles. The maximum Gasteiger partial charge on any atom is -0.0146 e. The van der Waals surface area contributed by atoms with E-state index in [-0.39, 0.29) is 0 Å². The number of hydrogen-bond acceptors (Lipinski definition) is 0. The van der Waals surface area contributed by atoms with E-state index < -0.39 is 0 Å². The van der Waals surface area contributed by atoms with Gasteiger partial charge in [0.2, 0.25) is 0 Å². The van der Waals surface area contributed by atoms with Crippen LogP contribution in [0.1, 0.15) is 53.4 Å². The number of allylic oxidation sites excluding steroid dienone is 2. The minimum atomic E-state index is 0.621. The molecule has 0 spiro atoms. The van der Waals surface area contributed by atoms with E-state index >= 15 is 0 Å². The van der Waals surface area contributed by atoms with Crippen LogP contribution in [0.5, 0.6) is 0 Å². The Labute approximate surface area is 77.1 Å². The molecule has 0 amide bonds. The lowest BCUT2D eigenvalue weighted by Crippen LogP contribution is -1.94. The Bertz CT molecular complexity index is 174. The van der Waals surface area contributed by atoms with Gasteiger partial charge < -0.3 is 0 Å². The quantitative estimate of drug-likeness (QED) is 0.550. The van der Waals surface area contributed by atoms with E-state index in [0.29, 0.717) is 5.41 Å². The molecule has 0 radical (unpaired) electrons. The topological polar surface area (TPSA) is 0 Å². The van der Waals surface area contributed by atoms with Crippen molar-refractivity contribution in [3.05, 3.63) is 11.6 Å². The molecule has 70 valence electrons. The van der Waals surface area contributed by atoms with Crippen molar-refractivity contribution in [2.75, 3.05) is 0 Å². The van der Waals surface area contributed by atoms with E-state index in [1.54, 1.807) is 5.57 Å². The van der Waals surface area contributed by atoms with Gasteiger partial charge in [-0.1, -0.05) is 45.8 Å². The second kappa shape index (κ2) is 3.64. The first-order valence-electron chi connectivity index (χ1n) is 5.30. The van der Waals surface area contributed by atoms with Crippen LogP contribution in [0.4, 0.5) is 0 Å². The summed E-state index contributed by atoms with van der Waals surface area (Å²) in [4.78, 5) is 0. The summed E-state index contributed by atoms with van der Waals surface area (Å²) in [6, 6.07) is 0. The van der Waals surface area contributed by atoms with Gasteiger partial charge in [0.15, 0.2) is 0 Å². The molecule has 0 heteroatoms. The van der Waals surface area contributed by atoms with Crippen molar-refractivity contribution in [3.63, 3.8) is 0 Å². The third kappa shape index (κ3) is 2.12. The SMILES string of the molecule is CC/C=C(\CCC)C1CC1(C)C. The van der Waals surface area contributed by atoms with Crippen molar-refractivity contribution < 1.29 is 0 Å². The van der Waals surface area contributed by atoms with Gasteiger partial charge in [-0.25, -0.2) is 0 Å². The van der Waals surface area contributed by atoms with Gasteiger partial charge in [-0.3, -0.25) is 0 Å². The van der Waals surface area contributed by atoms with Crippen LogP contribution in [0.25, 0.3) is 0 Å². The van der Waals surface area contributed by atoms with Gasteiger partial charge >= 0.3 is 0 Å². The van der Waals surface area contributed by atoms with Crippen molar-refractivity contribution >= 4 is 0 Å². The van der Waals surface area contributed by atoms with Crippen LogP contribution < -0.4 is 0 Å². The summed E-state index contributed by atoms with van der Waals surface area (Å²) in [5, 5.41) is 0. The lowest BCUT2D eigenvalue weighted by molar-refractivity contribution is 0.584. The van der Waals surface area contributed by atoms with Crippen LogP contribution in [0, 0.1) is 11.3 Å². The first-order chi connectivity index (χ1) is 5.61. The average Bonchev–Trinajstić information content (AvgIpc) is 2.60. The molecular formula is C12H22. The molecule has 1 rings (SSSR count). The largest absolute Gasteiger partial charge is 0.0853 e. The van der Waals surface area contributed by atoms with Gasteiger partial charge in [-0.05, 0) is 30.6 Å². The van der Waals surface area contributed by atoms with Crippen LogP contribution in [-0.4, -0.2) is 0 Å². The normalized spacial score (nSPS) is 27.3. The Morgan fingerprint density at radius 2 is 2.00 bits per heavy atom. The predicted molar refractivity (Wildman–Crippen MR) is 55.2 cm³/mol. The zero-order valence-electron chi connectivity index (χ0n) is 8.98. The summed E-state index contributed by atoms with van der Waals surface area (Å²) in [6.07, 6.45) is 7.70. The van der Waals surface area contributed by atoms with Gasteiger partial charge in [0.25, 0.3) is 0 Å². The van der Waals surface area contributed by atoms with Crippen molar-refractivity contribution in [1.82, 2.24) is 0 Å². The lowest BCUT2D eigenvalue weighted by Gasteiger charge is -2.07. The Morgan fingerprint density at radius 3 is 2.33 bits per heavy atom. The molecule has 1 aliphatic rings. The molecule has 1 aliphatic carbocycles. The van der Waals surface area contributed by atoms with E-state index in [1.165, 1.54) is 25.7 Å². The van der Waals surface area contributed by atoms with E-state index in [0.717, 1.165) is 5.92 Å². The zero-order valence-corrected chi connectivity index (χ0v) is 8.98. The molecule has 0 aliphatic heterocycles. The molecule has 0 saturated heterocycles. The van der Waals surface area contributed by atoms with Crippen LogP contribution in [0.3, 0.4) is 0 Å². The smallest absolute Gasteiger partial charge is 0.0146 e. The third-order valence-corrected chi connectivity index (χ3v) is 2.97. The predicted octanol–water partition coefficient (Wildman–Crippen LogP) is 4.17. The van der Waals surface area contributed by atoms with Gasteiger partial charge in [0, 0.05) is 0 Å². The summed E-state index contributed by atoms with van der Waals surface area (Å²) < 4.78 is 0. The molecule has 1 fully saturated rings. The van der Waals surface area contributed by atoms with Crippen molar-refractivity contribution in [1.29, 1.82) is 0 Å².